The number of aromatic nitrogens is 1. The van der Waals surface area contributed by atoms with Crippen molar-refractivity contribution in [3.05, 3.63) is 22.3 Å². The first-order chi connectivity index (χ1) is 7.19. The third kappa shape index (κ3) is 1.48. The first kappa shape index (κ1) is 10.3. The van der Waals surface area contributed by atoms with Crippen molar-refractivity contribution in [2.24, 2.45) is 5.73 Å². The van der Waals surface area contributed by atoms with E-state index in [1.807, 2.05) is 6.07 Å². The molecular formula is C10H11BrN2O2. The maximum absolute atomic E-state index is 9.97. The smallest absolute Gasteiger partial charge is 0.143 e. The van der Waals surface area contributed by atoms with Gasteiger partial charge in [-0.05, 0) is 21.5 Å². The largest absolute Gasteiger partial charge is 0.506 e. The first-order valence-electron chi connectivity index (χ1n) is 4.44. The summed E-state index contributed by atoms with van der Waals surface area (Å²) in [4.78, 5) is 3.04. The fraction of sp³-hybridized carbons (Fsp3) is 0.200. The summed E-state index contributed by atoms with van der Waals surface area (Å²) in [6, 6.07) is 1.82. The lowest BCUT2D eigenvalue weighted by Crippen LogP contribution is -1.94. The number of benzene rings is 1. The summed E-state index contributed by atoms with van der Waals surface area (Å²) in [6.07, 6.45) is 1.79. The van der Waals surface area contributed by atoms with Crippen molar-refractivity contribution in [3.63, 3.8) is 0 Å². The van der Waals surface area contributed by atoms with Gasteiger partial charge in [0.25, 0.3) is 0 Å². The molecule has 0 saturated heterocycles. The highest BCUT2D eigenvalue weighted by Gasteiger charge is 2.14. The number of H-pyrrole nitrogens is 1. The number of phenols is 1. The molecular weight excluding hydrogens is 260 g/mol. The van der Waals surface area contributed by atoms with Crippen molar-refractivity contribution in [1.29, 1.82) is 0 Å². The zero-order chi connectivity index (χ0) is 11.0. The van der Waals surface area contributed by atoms with Crippen LogP contribution in [0.1, 0.15) is 5.56 Å². The van der Waals surface area contributed by atoms with Crippen LogP contribution in [0.2, 0.25) is 0 Å². The molecule has 0 saturated carbocycles. The molecule has 0 bridgehead atoms. The van der Waals surface area contributed by atoms with E-state index in [9.17, 15) is 5.11 Å². The van der Waals surface area contributed by atoms with Gasteiger partial charge in [0.15, 0.2) is 0 Å². The van der Waals surface area contributed by atoms with Gasteiger partial charge >= 0.3 is 0 Å². The number of halogens is 1. The highest BCUT2D eigenvalue weighted by atomic mass is 79.9. The Balaban J connectivity index is 2.81. The lowest BCUT2D eigenvalue weighted by Gasteiger charge is -2.07. The lowest BCUT2D eigenvalue weighted by molar-refractivity contribution is 0.405. The van der Waals surface area contributed by atoms with Gasteiger partial charge in [-0.25, -0.2) is 0 Å². The number of ether oxygens (including phenoxy) is 1. The van der Waals surface area contributed by atoms with Gasteiger partial charge in [0.2, 0.25) is 0 Å². The summed E-state index contributed by atoms with van der Waals surface area (Å²) in [5.74, 6) is 0.747. The van der Waals surface area contributed by atoms with Gasteiger partial charge < -0.3 is 20.6 Å². The first-order valence-corrected chi connectivity index (χ1v) is 5.23. The highest BCUT2D eigenvalue weighted by Crippen LogP contribution is 2.41. The molecule has 0 atom stereocenters. The van der Waals surface area contributed by atoms with Crippen LogP contribution in [0.3, 0.4) is 0 Å². The zero-order valence-corrected chi connectivity index (χ0v) is 9.76. The number of hydrogen-bond acceptors (Lipinski definition) is 3. The summed E-state index contributed by atoms with van der Waals surface area (Å²) >= 11 is 3.28. The van der Waals surface area contributed by atoms with E-state index in [-0.39, 0.29) is 5.75 Å². The summed E-state index contributed by atoms with van der Waals surface area (Å²) in [6.45, 7) is 0.381. The lowest BCUT2D eigenvalue weighted by atomic mass is 10.1. The number of hydrogen-bond donors (Lipinski definition) is 3. The van der Waals surface area contributed by atoms with Crippen LogP contribution in [0, 0.1) is 0 Å². The number of rotatable bonds is 2. The van der Waals surface area contributed by atoms with Crippen LogP contribution in [0.4, 0.5) is 0 Å². The van der Waals surface area contributed by atoms with E-state index in [4.69, 9.17) is 10.5 Å². The Morgan fingerprint density at radius 1 is 1.60 bits per heavy atom. The van der Waals surface area contributed by atoms with Gasteiger partial charge in [0.1, 0.15) is 16.0 Å². The summed E-state index contributed by atoms with van der Waals surface area (Å²) in [7, 11) is 1.55. The molecule has 1 heterocycles. The van der Waals surface area contributed by atoms with E-state index in [1.165, 1.54) is 0 Å². The molecule has 2 aromatic rings. The molecule has 1 aromatic heterocycles. The van der Waals surface area contributed by atoms with Crippen molar-refractivity contribution in [2.75, 3.05) is 7.11 Å². The van der Waals surface area contributed by atoms with Gasteiger partial charge in [-0.2, -0.15) is 0 Å². The molecule has 0 aliphatic rings. The Bertz CT molecular complexity index is 508. The molecule has 2 rings (SSSR count). The second-order valence-corrected chi connectivity index (χ2v) is 3.98. The summed E-state index contributed by atoms with van der Waals surface area (Å²) < 4.78 is 5.67. The van der Waals surface area contributed by atoms with Crippen LogP contribution < -0.4 is 10.5 Å². The van der Waals surface area contributed by atoms with E-state index >= 15 is 0 Å². The highest BCUT2D eigenvalue weighted by molar-refractivity contribution is 9.10. The van der Waals surface area contributed by atoms with E-state index in [0.717, 1.165) is 16.5 Å². The minimum absolute atomic E-state index is 0.158. The molecule has 5 heteroatoms. The fourth-order valence-corrected chi connectivity index (χ4v) is 2.08. The van der Waals surface area contributed by atoms with Crippen LogP contribution in [-0.2, 0) is 6.54 Å². The van der Waals surface area contributed by atoms with E-state index in [1.54, 1.807) is 13.3 Å². The number of nitrogens with two attached hydrogens (primary N) is 1. The van der Waals surface area contributed by atoms with Crippen molar-refractivity contribution in [3.8, 4) is 11.5 Å². The van der Waals surface area contributed by atoms with E-state index < -0.39 is 0 Å². The van der Waals surface area contributed by atoms with Gasteiger partial charge in [-0.1, -0.05) is 0 Å². The van der Waals surface area contributed by atoms with E-state index in [2.05, 4.69) is 20.9 Å². The average molecular weight is 271 g/mol. The maximum Gasteiger partial charge on any atom is 0.143 e. The minimum Gasteiger partial charge on any atom is -0.506 e. The predicted octanol–water partition coefficient (Wildman–Crippen LogP) is 2.10. The number of phenolic OH excluding ortho intramolecular Hbond substituents is 1. The molecule has 1 aromatic carbocycles. The van der Waals surface area contributed by atoms with Crippen LogP contribution in [0.15, 0.2) is 16.7 Å². The number of methoxy groups -OCH3 is 1. The normalized spacial score (nSPS) is 10.9. The van der Waals surface area contributed by atoms with Crippen LogP contribution in [-0.4, -0.2) is 17.2 Å². The maximum atomic E-state index is 9.97. The fourth-order valence-electron chi connectivity index (χ4n) is 1.61. The van der Waals surface area contributed by atoms with Crippen LogP contribution in [0.5, 0.6) is 11.5 Å². The Kier molecular flexibility index (Phi) is 2.58. The van der Waals surface area contributed by atoms with Crippen molar-refractivity contribution in [1.82, 2.24) is 4.98 Å². The number of aromatic amines is 1. The summed E-state index contributed by atoms with van der Waals surface area (Å²) in [5.41, 5.74) is 7.27. The number of fused-ring (bicyclic) bond motifs is 1. The Morgan fingerprint density at radius 3 is 2.93 bits per heavy atom. The molecule has 0 aliphatic carbocycles. The number of aromatic hydroxyl groups is 1. The monoisotopic (exact) mass is 270 g/mol. The third-order valence-corrected chi connectivity index (χ3v) is 3.14. The Labute approximate surface area is 95.2 Å². The molecule has 15 heavy (non-hydrogen) atoms. The quantitative estimate of drug-likeness (QED) is 0.783. The third-order valence-electron chi connectivity index (χ3n) is 2.37. The average Bonchev–Trinajstić information content (AvgIpc) is 2.66. The molecule has 0 amide bonds. The van der Waals surface area contributed by atoms with Gasteiger partial charge in [-0.15, -0.1) is 0 Å². The molecule has 0 fully saturated rings. The minimum atomic E-state index is 0.158. The van der Waals surface area contributed by atoms with Crippen LogP contribution >= 0.6 is 15.9 Å². The molecule has 0 unspecified atom stereocenters. The molecule has 4 nitrogen and oxygen atoms in total. The second kappa shape index (κ2) is 3.75. The predicted molar refractivity (Wildman–Crippen MR) is 62.1 cm³/mol. The molecule has 0 radical (unpaired) electrons. The second-order valence-electron chi connectivity index (χ2n) is 3.18. The van der Waals surface area contributed by atoms with Crippen molar-refractivity contribution >= 4 is 26.8 Å². The summed E-state index contributed by atoms with van der Waals surface area (Å²) in [5, 5.41) is 10.7. The number of nitrogens with one attached hydrogen (secondary N) is 1. The van der Waals surface area contributed by atoms with Gasteiger partial charge in [0, 0.05) is 24.2 Å². The van der Waals surface area contributed by atoms with Crippen molar-refractivity contribution in [2.45, 2.75) is 6.54 Å². The standard InChI is InChI=1S/C10H11BrN2O2/c1-15-7-2-6-8(10(14)9(7)11)5(3-12)4-13-6/h2,4,13-14H,3,12H2,1H3. The zero-order valence-electron chi connectivity index (χ0n) is 8.17. The van der Waals surface area contributed by atoms with Gasteiger partial charge in [-0.3, -0.25) is 0 Å². The van der Waals surface area contributed by atoms with Crippen LogP contribution in [0.25, 0.3) is 10.9 Å². The van der Waals surface area contributed by atoms with Gasteiger partial charge in [0.05, 0.1) is 12.6 Å². The molecule has 80 valence electrons. The Morgan fingerprint density at radius 2 is 2.33 bits per heavy atom. The van der Waals surface area contributed by atoms with Crippen molar-refractivity contribution < 1.29 is 9.84 Å². The van der Waals surface area contributed by atoms with E-state index in [0.29, 0.717) is 16.8 Å². The molecule has 0 spiro atoms. The molecule has 4 N–H and O–H groups in total. The Hall–Kier alpha value is -1.20. The SMILES string of the molecule is COc1cc2[nH]cc(CN)c2c(O)c1Br. The molecule has 0 aliphatic heterocycles. The topological polar surface area (TPSA) is 71.3 Å².